The molecule has 0 atom stereocenters. The van der Waals surface area contributed by atoms with Crippen LogP contribution < -0.4 is 25.0 Å². The molecule has 1 saturated heterocycles. The minimum absolute atomic E-state index is 0.282. The Morgan fingerprint density at radius 2 is 1.82 bits per heavy atom. The fourth-order valence-corrected chi connectivity index (χ4v) is 5.00. The van der Waals surface area contributed by atoms with Gasteiger partial charge in [0.2, 0.25) is 5.95 Å². The highest BCUT2D eigenvalue weighted by atomic mass is 32.1. The average molecular weight is 535 g/mol. The second-order valence-electron chi connectivity index (χ2n) is 8.64. The van der Waals surface area contributed by atoms with Crippen LogP contribution in [0.25, 0.3) is 22.2 Å². The van der Waals surface area contributed by atoms with Gasteiger partial charge in [0, 0.05) is 48.2 Å². The van der Waals surface area contributed by atoms with E-state index < -0.39 is 5.91 Å². The summed E-state index contributed by atoms with van der Waals surface area (Å²) in [5.74, 6) is 2.13. The normalized spacial score (nSPS) is 13.5. The fraction of sp³-hybridized carbons (Fsp3) is 0.333. The molecule has 38 heavy (non-hydrogen) atoms. The van der Waals surface area contributed by atoms with Crippen molar-refractivity contribution >= 4 is 45.6 Å². The molecule has 1 amide bonds. The molecule has 0 spiro atoms. The van der Waals surface area contributed by atoms with Crippen LogP contribution in [-0.2, 0) is 4.74 Å². The lowest BCUT2D eigenvalue weighted by atomic mass is 10.1. The fourth-order valence-electron chi connectivity index (χ4n) is 4.32. The van der Waals surface area contributed by atoms with Crippen molar-refractivity contribution in [2.45, 2.75) is 13.8 Å². The lowest BCUT2D eigenvalue weighted by Gasteiger charge is -2.29. The number of ether oxygens (including phenoxy) is 3. The summed E-state index contributed by atoms with van der Waals surface area (Å²) in [6.07, 6.45) is 0. The van der Waals surface area contributed by atoms with Crippen LogP contribution in [0.3, 0.4) is 0 Å². The molecule has 0 radical (unpaired) electrons. The molecular weight excluding hydrogens is 504 g/mol. The zero-order chi connectivity index (χ0) is 26.6. The maximum absolute atomic E-state index is 11.5. The number of hydrogen-bond acceptors (Lipinski definition) is 10. The minimum atomic E-state index is -0.533. The Kier molecular flexibility index (Phi) is 7.57. The van der Waals surface area contributed by atoms with E-state index in [4.69, 9.17) is 29.9 Å². The summed E-state index contributed by atoms with van der Waals surface area (Å²) < 4.78 is 17.3. The molecule has 198 valence electrons. The van der Waals surface area contributed by atoms with Crippen LogP contribution >= 0.6 is 11.3 Å². The van der Waals surface area contributed by atoms with Gasteiger partial charge >= 0.3 is 0 Å². The van der Waals surface area contributed by atoms with Crippen LogP contribution in [0.4, 0.5) is 17.5 Å². The molecule has 1 aliphatic rings. The Balaban J connectivity index is 1.62. The molecule has 2 aromatic heterocycles. The molecule has 0 aliphatic carbocycles. The largest absolute Gasteiger partial charge is 0.490 e. The van der Waals surface area contributed by atoms with Gasteiger partial charge in [-0.3, -0.25) is 4.79 Å². The summed E-state index contributed by atoms with van der Waals surface area (Å²) in [6.45, 7) is 7.59. The maximum Gasteiger partial charge on any atom is 0.277 e. The molecule has 0 saturated carbocycles. The van der Waals surface area contributed by atoms with Crippen LogP contribution in [0.1, 0.15) is 23.6 Å². The van der Waals surface area contributed by atoms with Crippen molar-refractivity contribution in [1.29, 1.82) is 0 Å². The van der Waals surface area contributed by atoms with E-state index in [9.17, 15) is 4.79 Å². The van der Waals surface area contributed by atoms with Gasteiger partial charge in [-0.05, 0) is 32.0 Å². The molecule has 5 rings (SSSR count). The first-order valence-corrected chi connectivity index (χ1v) is 13.4. The van der Waals surface area contributed by atoms with Crippen molar-refractivity contribution in [3.8, 4) is 22.8 Å². The third-order valence-corrected chi connectivity index (χ3v) is 7.04. The first-order chi connectivity index (χ1) is 18.5. The van der Waals surface area contributed by atoms with Crippen LogP contribution in [0, 0.1) is 0 Å². The van der Waals surface area contributed by atoms with E-state index in [0.717, 1.165) is 28.0 Å². The van der Waals surface area contributed by atoms with Gasteiger partial charge < -0.3 is 29.7 Å². The number of benzene rings is 2. The summed E-state index contributed by atoms with van der Waals surface area (Å²) in [7, 11) is 1.97. The van der Waals surface area contributed by atoms with Crippen LogP contribution in [0.15, 0.2) is 41.8 Å². The predicted octanol–water partition coefficient (Wildman–Crippen LogP) is 4.25. The van der Waals surface area contributed by atoms with E-state index in [1.807, 2.05) is 67.6 Å². The predicted molar refractivity (Wildman–Crippen MR) is 149 cm³/mol. The zero-order valence-corrected chi connectivity index (χ0v) is 22.5. The number of amides is 1. The van der Waals surface area contributed by atoms with E-state index in [1.165, 1.54) is 11.3 Å². The molecule has 3 heterocycles. The molecule has 4 aromatic rings. The number of rotatable bonds is 9. The highest BCUT2D eigenvalue weighted by Crippen LogP contribution is 2.39. The first kappa shape index (κ1) is 25.7. The van der Waals surface area contributed by atoms with E-state index in [1.54, 1.807) is 0 Å². The molecule has 11 heteroatoms. The van der Waals surface area contributed by atoms with E-state index >= 15 is 0 Å². The highest BCUT2D eigenvalue weighted by Gasteiger charge is 2.21. The summed E-state index contributed by atoms with van der Waals surface area (Å²) in [5.41, 5.74) is 8.64. The molecule has 0 bridgehead atoms. The lowest BCUT2D eigenvalue weighted by Crippen LogP contribution is -2.37. The first-order valence-electron chi connectivity index (χ1n) is 12.5. The highest BCUT2D eigenvalue weighted by molar-refractivity contribution is 7.12. The molecule has 10 nitrogen and oxygen atoms in total. The SMILES string of the molecule is CCOc1cc2nc(N3CCOCC3)nc(N(C)c3cccc(-c4csc(C(N)=O)n4)c3)c2cc1OCC. The monoisotopic (exact) mass is 534 g/mol. The van der Waals surface area contributed by atoms with Crippen LogP contribution in [-0.4, -0.2) is 67.4 Å². The number of carbonyl (C=O) groups is 1. The number of fused-ring (bicyclic) bond motifs is 1. The van der Waals surface area contributed by atoms with Gasteiger partial charge in [-0.1, -0.05) is 12.1 Å². The van der Waals surface area contributed by atoms with Crippen molar-refractivity contribution in [2.75, 3.05) is 56.4 Å². The van der Waals surface area contributed by atoms with E-state index in [-0.39, 0.29) is 5.01 Å². The van der Waals surface area contributed by atoms with Gasteiger partial charge in [-0.2, -0.15) is 4.98 Å². The number of nitrogens with zero attached hydrogens (tertiary/aromatic N) is 5. The average Bonchev–Trinajstić information content (AvgIpc) is 3.44. The Morgan fingerprint density at radius 3 is 2.50 bits per heavy atom. The number of anilines is 3. The van der Waals surface area contributed by atoms with Gasteiger partial charge in [0.15, 0.2) is 16.5 Å². The second kappa shape index (κ2) is 11.2. The van der Waals surface area contributed by atoms with Crippen molar-refractivity contribution in [3.05, 3.63) is 46.8 Å². The molecule has 2 N–H and O–H groups in total. The van der Waals surface area contributed by atoms with E-state index in [0.29, 0.717) is 62.7 Å². The van der Waals surface area contributed by atoms with Gasteiger partial charge in [0.25, 0.3) is 5.91 Å². The third-order valence-electron chi connectivity index (χ3n) is 6.18. The summed E-state index contributed by atoms with van der Waals surface area (Å²) in [6, 6.07) is 11.8. The summed E-state index contributed by atoms with van der Waals surface area (Å²) in [5, 5.41) is 2.95. The lowest BCUT2D eigenvalue weighted by molar-refractivity contribution is 0.1000. The van der Waals surface area contributed by atoms with Crippen molar-refractivity contribution in [1.82, 2.24) is 15.0 Å². The molecular formula is C27H30N6O4S. The van der Waals surface area contributed by atoms with Gasteiger partial charge in [-0.15, -0.1) is 11.3 Å². The van der Waals surface area contributed by atoms with Crippen LogP contribution in [0.2, 0.25) is 0 Å². The number of carbonyl (C=O) groups excluding carboxylic acids is 1. The molecule has 0 unspecified atom stereocenters. The number of morpholine rings is 1. The van der Waals surface area contributed by atoms with Crippen molar-refractivity contribution in [2.24, 2.45) is 5.73 Å². The Morgan fingerprint density at radius 1 is 1.08 bits per heavy atom. The number of hydrogen-bond donors (Lipinski definition) is 1. The number of nitrogens with two attached hydrogens (primary N) is 1. The Hall–Kier alpha value is -3.96. The molecule has 2 aromatic carbocycles. The Bertz CT molecular complexity index is 1450. The van der Waals surface area contributed by atoms with Crippen molar-refractivity contribution in [3.63, 3.8) is 0 Å². The van der Waals surface area contributed by atoms with Crippen LogP contribution in [0.5, 0.6) is 11.5 Å². The smallest absolute Gasteiger partial charge is 0.277 e. The van der Waals surface area contributed by atoms with E-state index in [2.05, 4.69) is 9.88 Å². The van der Waals surface area contributed by atoms with Gasteiger partial charge in [-0.25, -0.2) is 9.97 Å². The van der Waals surface area contributed by atoms with Crippen molar-refractivity contribution < 1.29 is 19.0 Å². The summed E-state index contributed by atoms with van der Waals surface area (Å²) >= 11 is 1.23. The molecule has 1 fully saturated rings. The number of primary amides is 1. The molecule has 1 aliphatic heterocycles. The maximum atomic E-state index is 11.5. The summed E-state index contributed by atoms with van der Waals surface area (Å²) in [4.78, 5) is 30.0. The Labute approximate surface area is 225 Å². The zero-order valence-electron chi connectivity index (χ0n) is 21.6. The minimum Gasteiger partial charge on any atom is -0.490 e. The second-order valence-corrected chi connectivity index (χ2v) is 9.50. The quantitative estimate of drug-likeness (QED) is 0.336. The van der Waals surface area contributed by atoms with Gasteiger partial charge in [0.1, 0.15) is 5.82 Å². The standard InChI is InChI=1S/C27H30N6O4S/c1-4-36-22-14-19-20(15-23(22)37-5-2)30-27(33-9-11-35-12-10-33)31-25(19)32(3)18-8-6-7-17(13-18)21-16-38-26(29-21)24(28)34/h6-8,13-16H,4-5,9-12H2,1-3H3,(H2,28,34). The topological polar surface area (TPSA) is 116 Å². The number of thiazole rings is 1. The number of aromatic nitrogens is 3. The van der Waals surface area contributed by atoms with Gasteiger partial charge in [0.05, 0.1) is 37.6 Å². The third kappa shape index (κ3) is 5.20.